The molecule has 0 radical (unpaired) electrons. The van der Waals surface area contributed by atoms with Gasteiger partial charge in [0.15, 0.2) is 0 Å². The van der Waals surface area contributed by atoms with Gasteiger partial charge in [0.25, 0.3) is 0 Å². The summed E-state index contributed by atoms with van der Waals surface area (Å²) in [5.74, 6) is 3.20. The molecular formula is C13H18N6O2. The Hall–Kier alpha value is -2.12. The number of carbonyl (C=O) groups excluding carboxylic acids is 2. The van der Waals surface area contributed by atoms with Gasteiger partial charge in [-0.15, -0.1) is 0 Å². The van der Waals surface area contributed by atoms with E-state index in [1.165, 1.54) is 6.42 Å². The smallest absolute Gasteiger partial charge is 0.332 e. The van der Waals surface area contributed by atoms with Crippen LogP contribution in [-0.2, 0) is 0 Å². The normalized spacial score (nSPS) is 45.5. The molecule has 8 nitrogen and oxygen atoms in total. The molecule has 0 aromatic rings. The number of amides is 4. The molecule has 21 heavy (non-hydrogen) atoms. The first-order valence-corrected chi connectivity index (χ1v) is 7.30. The maximum absolute atomic E-state index is 10.9. The van der Waals surface area contributed by atoms with Crippen LogP contribution in [0.3, 0.4) is 0 Å². The van der Waals surface area contributed by atoms with Crippen LogP contribution in [0.25, 0.3) is 0 Å². The van der Waals surface area contributed by atoms with E-state index in [4.69, 9.17) is 11.5 Å². The minimum Gasteiger partial charge on any atom is -0.350 e. The van der Waals surface area contributed by atoms with Crippen molar-refractivity contribution in [3.63, 3.8) is 0 Å². The highest BCUT2D eigenvalue weighted by Crippen LogP contribution is 2.68. The van der Waals surface area contributed by atoms with E-state index in [9.17, 15) is 9.59 Å². The predicted molar refractivity (Wildman–Crippen MR) is 75.1 cm³/mol. The summed E-state index contributed by atoms with van der Waals surface area (Å²) in [4.78, 5) is 21.7. The molecule has 4 amide bonds. The Morgan fingerprint density at radius 3 is 1.67 bits per heavy atom. The lowest BCUT2D eigenvalue weighted by Gasteiger charge is -2.24. The van der Waals surface area contributed by atoms with Crippen molar-refractivity contribution < 1.29 is 9.59 Å². The number of nitrogens with zero attached hydrogens (tertiary/aromatic N) is 2. The second-order valence-corrected chi connectivity index (χ2v) is 6.51. The number of fused-ring (bicyclic) bond motifs is 2. The third-order valence-corrected chi connectivity index (χ3v) is 5.78. The zero-order valence-electron chi connectivity index (χ0n) is 11.5. The fourth-order valence-corrected chi connectivity index (χ4v) is 5.42. The molecule has 4 aliphatic rings. The summed E-state index contributed by atoms with van der Waals surface area (Å²) in [6.07, 6.45) is 3.10. The van der Waals surface area contributed by atoms with Crippen LogP contribution in [0.2, 0.25) is 0 Å². The molecule has 0 aromatic carbocycles. The van der Waals surface area contributed by atoms with E-state index in [0.717, 1.165) is 24.3 Å². The number of hydrogen-bond acceptors (Lipinski definition) is 4. The molecule has 112 valence electrons. The van der Waals surface area contributed by atoms with Crippen molar-refractivity contribution in [1.82, 2.24) is 10.9 Å². The highest BCUT2D eigenvalue weighted by Gasteiger charge is 2.67. The first-order chi connectivity index (χ1) is 10.1. The number of primary amides is 2. The number of nitrogens with two attached hydrogens (primary N) is 2. The predicted octanol–water partition coefficient (Wildman–Crippen LogP) is -0.0431. The number of carbonyl (C=O) groups is 2. The van der Waals surface area contributed by atoms with Gasteiger partial charge in [-0.1, -0.05) is 0 Å². The van der Waals surface area contributed by atoms with Crippen LogP contribution in [0.1, 0.15) is 19.3 Å². The molecule has 0 spiro atoms. The van der Waals surface area contributed by atoms with E-state index in [2.05, 4.69) is 21.1 Å². The lowest BCUT2D eigenvalue weighted by atomic mass is 9.79. The molecule has 4 fully saturated rings. The van der Waals surface area contributed by atoms with Crippen LogP contribution in [0.4, 0.5) is 9.59 Å². The molecule has 6 N–H and O–H groups in total. The molecule has 0 aliphatic heterocycles. The fourth-order valence-electron chi connectivity index (χ4n) is 5.42. The monoisotopic (exact) mass is 290 g/mol. The van der Waals surface area contributed by atoms with Crippen molar-refractivity contribution in [2.24, 2.45) is 57.2 Å². The average molecular weight is 290 g/mol. The number of rotatable bonds is 2. The van der Waals surface area contributed by atoms with E-state index in [0.29, 0.717) is 35.5 Å². The van der Waals surface area contributed by atoms with Gasteiger partial charge < -0.3 is 11.5 Å². The first kappa shape index (κ1) is 12.6. The van der Waals surface area contributed by atoms with Crippen LogP contribution in [-0.4, -0.2) is 23.5 Å². The lowest BCUT2D eigenvalue weighted by Crippen LogP contribution is -2.32. The zero-order chi connectivity index (χ0) is 14.7. The van der Waals surface area contributed by atoms with Gasteiger partial charge in [0.2, 0.25) is 0 Å². The van der Waals surface area contributed by atoms with Gasteiger partial charge >= 0.3 is 12.1 Å². The largest absolute Gasteiger partial charge is 0.350 e. The van der Waals surface area contributed by atoms with Crippen LogP contribution in [0, 0.1) is 35.5 Å². The van der Waals surface area contributed by atoms with E-state index in [1.807, 2.05) is 0 Å². The maximum Gasteiger partial charge on any atom is 0.332 e. The summed E-state index contributed by atoms with van der Waals surface area (Å²) < 4.78 is 0. The van der Waals surface area contributed by atoms with Gasteiger partial charge in [0, 0.05) is 23.3 Å². The van der Waals surface area contributed by atoms with Crippen molar-refractivity contribution in [2.75, 3.05) is 0 Å². The Balaban J connectivity index is 1.63. The van der Waals surface area contributed by atoms with Crippen LogP contribution in [0.5, 0.6) is 0 Å². The molecule has 0 aromatic heterocycles. The van der Waals surface area contributed by atoms with Crippen molar-refractivity contribution >= 4 is 23.5 Å². The summed E-state index contributed by atoms with van der Waals surface area (Å²) in [6.45, 7) is 0. The molecule has 4 aliphatic carbocycles. The lowest BCUT2D eigenvalue weighted by molar-refractivity contribution is 0.241. The topological polar surface area (TPSA) is 135 Å². The van der Waals surface area contributed by atoms with Crippen LogP contribution in [0.15, 0.2) is 10.2 Å². The summed E-state index contributed by atoms with van der Waals surface area (Å²) in [5, 5.41) is 8.43. The van der Waals surface area contributed by atoms with Gasteiger partial charge in [0.05, 0.1) is 0 Å². The molecule has 0 saturated heterocycles. The number of nitrogens with one attached hydrogen (secondary N) is 2. The summed E-state index contributed by atoms with van der Waals surface area (Å²) in [7, 11) is 0. The Morgan fingerprint density at radius 1 is 0.857 bits per heavy atom. The van der Waals surface area contributed by atoms with Gasteiger partial charge in [-0.05, 0) is 42.9 Å². The molecule has 4 rings (SSSR count). The van der Waals surface area contributed by atoms with Crippen LogP contribution >= 0.6 is 0 Å². The van der Waals surface area contributed by atoms with Crippen molar-refractivity contribution in [3.8, 4) is 0 Å². The second kappa shape index (κ2) is 4.19. The first-order valence-electron chi connectivity index (χ1n) is 7.30. The highest BCUT2D eigenvalue weighted by molar-refractivity contribution is 6.01. The minimum absolute atomic E-state index is 0.332. The Labute approximate surface area is 121 Å². The molecule has 6 atom stereocenters. The summed E-state index contributed by atoms with van der Waals surface area (Å²) in [5.41, 5.74) is 17.0. The molecular weight excluding hydrogens is 272 g/mol. The van der Waals surface area contributed by atoms with Gasteiger partial charge in [0.1, 0.15) is 0 Å². The van der Waals surface area contributed by atoms with E-state index >= 15 is 0 Å². The summed E-state index contributed by atoms with van der Waals surface area (Å²) >= 11 is 0. The molecule has 8 heteroatoms. The molecule has 4 saturated carbocycles. The highest BCUT2D eigenvalue weighted by atomic mass is 16.2. The van der Waals surface area contributed by atoms with Gasteiger partial charge in [-0.3, -0.25) is 0 Å². The van der Waals surface area contributed by atoms with E-state index in [-0.39, 0.29) is 0 Å². The standard InChI is InChI=1S/C13H18N6O2/c14-12(20)18-16-8-2-4-5-3-9(17-19-13(15)21)11-7(5)1-6(4)10(8)11/h4-7,10-11H,1-3H2,(H3,14,18,20)(H3,15,19,21)/b16-8-,17-9-/t4-,5+,6+,7-,10-,11+. The fraction of sp³-hybridized carbons (Fsp3) is 0.692. The van der Waals surface area contributed by atoms with Crippen molar-refractivity contribution in [1.29, 1.82) is 0 Å². The molecule has 2 bridgehead atoms. The second-order valence-electron chi connectivity index (χ2n) is 6.51. The quantitative estimate of drug-likeness (QED) is 0.531. The van der Waals surface area contributed by atoms with Gasteiger partial charge in [-0.2, -0.15) is 10.2 Å². The minimum atomic E-state index is -0.634. The number of hydrogen-bond donors (Lipinski definition) is 4. The zero-order valence-corrected chi connectivity index (χ0v) is 11.5. The Morgan fingerprint density at radius 2 is 1.29 bits per heavy atom. The third-order valence-electron chi connectivity index (χ3n) is 5.78. The SMILES string of the molecule is NC(=O)N/N=C1/C[C@H]2[C@H]3C/C(=N/NC(N)=O)[C@H]4[C@H]3C[C@H]2[C@@H]14. The number of hydrazone groups is 2. The summed E-state index contributed by atoms with van der Waals surface area (Å²) in [6, 6.07) is -1.27. The van der Waals surface area contributed by atoms with Gasteiger partial charge in [-0.25, -0.2) is 20.4 Å². The van der Waals surface area contributed by atoms with Crippen molar-refractivity contribution in [2.45, 2.75) is 19.3 Å². The molecule has 0 heterocycles. The Bertz CT molecular complexity index is 531. The Kier molecular flexibility index (Phi) is 2.51. The third kappa shape index (κ3) is 1.68. The maximum atomic E-state index is 10.9. The number of urea groups is 2. The average Bonchev–Trinajstić information content (AvgIpc) is 3.03. The van der Waals surface area contributed by atoms with E-state index < -0.39 is 12.1 Å². The molecule has 0 unspecified atom stereocenters. The van der Waals surface area contributed by atoms with Crippen LogP contribution < -0.4 is 22.3 Å². The van der Waals surface area contributed by atoms with E-state index in [1.54, 1.807) is 0 Å². The van der Waals surface area contributed by atoms with Crippen molar-refractivity contribution in [3.05, 3.63) is 0 Å².